The zero-order valence-electron chi connectivity index (χ0n) is 68.2. The van der Waals surface area contributed by atoms with Gasteiger partial charge in [0, 0.05) is 58.6 Å². The van der Waals surface area contributed by atoms with E-state index in [0.29, 0.717) is 30.1 Å². The Labute approximate surface area is 661 Å². The van der Waals surface area contributed by atoms with Crippen molar-refractivity contribution in [1.29, 1.82) is 0 Å². The van der Waals surface area contributed by atoms with Gasteiger partial charge in [-0.15, -0.1) is 41.9 Å². The van der Waals surface area contributed by atoms with Gasteiger partial charge in [-0.25, -0.2) is 23.4 Å². The number of hydrogen-bond donors (Lipinski definition) is 1. The van der Waals surface area contributed by atoms with Crippen LogP contribution in [0.3, 0.4) is 0 Å². The van der Waals surface area contributed by atoms with Crippen molar-refractivity contribution >= 4 is 50.2 Å². The fourth-order valence-corrected chi connectivity index (χ4v) is 9.67. The van der Waals surface area contributed by atoms with Crippen molar-refractivity contribution in [3.63, 3.8) is 0 Å². The summed E-state index contributed by atoms with van der Waals surface area (Å²) in [6.45, 7) is 45.5. The Balaban J connectivity index is 0.000000639. The van der Waals surface area contributed by atoms with Gasteiger partial charge in [0.25, 0.3) is 5.91 Å². The van der Waals surface area contributed by atoms with Crippen LogP contribution in [0.1, 0.15) is 171 Å². The van der Waals surface area contributed by atoms with E-state index in [1.165, 1.54) is 23.0 Å². The van der Waals surface area contributed by atoms with Crippen LogP contribution in [-0.4, -0.2) is 121 Å². The first-order valence-electron chi connectivity index (χ1n) is 36.9. The molecule has 110 heavy (non-hydrogen) atoms. The lowest BCUT2D eigenvalue weighted by Crippen LogP contribution is -2.21. The van der Waals surface area contributed by atoms with Gasteiger partial charge in [0.1, 0.15) is 52.3 Å². The quantitative estimate of drug-likeness (QED) is 0.0886. The van der Waals surface area contributed by atoms with Crippen LogP contribution in [0.25, 0.3) is 33.5 Å². The summed E-state index contributed by atoms with van der Waals surface area (Å²) in [5.41, 5.74) is 13.1. The number of fused-ring (bicyclic) bond motifs is 1. The molecule has 0 bridgehead atoms. The fourth-order valence-electron chi connectivity index (χ4n) is 8.70. The first-order valence-corrected chi connectivity index (χ1v) is 38.6. The lowest BCUT2D eigenvalue weighted by molar-refractivity contribution is -0.191. The van der Waals surface area contributed by atoms with Crippen LogP contribution in [0, 0.1) is 40.4 Å². The largest absolute Gasteiger partial charge is 0.497 e. The zero-order chi connectivity index (χ0) is 82.3. The summed E-state index contributed by atoms with van der Waals surface area (Å²) in [5.74, 6) is 2.12. The van der Waals surface area contributed by atoms with Crippen molar-refractivity contribution in [2.24, 2.45) is 0 Å². The second kappa shape index (κ2) is 56.9. The Morgan fingerprint density at radius 2 is 1.12 bits per heavy atom. The standard InChI is InChI=1S/C15H16N4O.2C11H13N3O.C11H13N3.C10H9BrFN3.C10H12N4OS.6C2H6.CO2/c1-3-19-9-13(17-18-19)10-20-14-6-4-5-12-8-7-11(2)16-15(12)14;1-8-9(2)14(13-12-8)10-5-4-6-11(7-10)15-3;1-3-14-8-11(12-13-14)9-5-4-6-10(7-9)15-2;1-3-10-4-6-11(7-5-10)14-8-9(2)12-13-14;1-7-5-15(14-13-7)6-8-2-3-9(11)4-10(8)12;1-2-14-7-8(12-13-14)6-11-10(15)9-4-3-5-16-9;6*1-2;2-1-3/h4-9H,3,10H2,1-2H3;4-7H,1-3H3;4-8H,3H2,1-2H3;4-8H,3H2,1-2H3;2-5H,6H2,1H3;3-5,7H,2,6H2,1H3,(H,11,15);6*1-2H3;. The monoisotopic (exact) mass is 1590 g/mol. The highest BCUT2D eigenvalue weighted by atomic mass is 79.9. The molecular formula is C81H112BrFN20O6S. The van der Waals surface area contributed by atoms with Gasteiger partial charge in [0.05, 0.1) is 91.1 Å². The number of thiophene rings is 1. The number of carbonyl (C=O) groups is 1. The number of amides is 1. The normalized spacial score (nSPS) is 9.46. The molecule has 1 N–H and O–H groups in total. The van der Waals surface area contributed by atoms with Crippen LogP contribution in [-0.2, 0) is 55.3 Å². The van der Waals surface area contributed by atoms with Crippen LogP contribution >= 0.6 is 27.3 Å². The first kappa shape index (κ1) is 96.7. The molecule has 0 unspecified atom stereocenters. The molecular weight excluding hydrogens is 1480 g/mol. The van der Waals surface area contributed by atoms with E-state index in [1.807, 2.05) is 254 Å². The van der Waals surface area contributed by atoms with Crippen molar-refractivity contribution in [2.75, 3.05) is 14.2 Å². The molecule has 0 aliphatic rings. The van der Waals surface area contributed by atoms with E-state index < -0.39 is 0 Å². The molecule has 0 radical (unpaired) electrons. The van der Waals surface area contributed by atoms with Gasteiger partial charge in [-0.3, -0.25) is 18.8 Å². The van der Waals surface area contributed by atoms with Gasteiger partial charge in [-0.2, -0.15) is 9.59 Å². The van der Waals surface area contributed by atoms with E-state index in [0.717, 1.165) is 121 Å². The lowest BCUT2D eigenvalue weighted by atomic mass is 10.1. The van der Waals surface area contributed by atoms with Gasteiger partial charge >= 0.3 is 6.15 Å². The van der Waals surface area contributed by atoms with E-state index in [-0.39, 0.29) is 17.9 Å². The molecule has 26 nitrogen and oxygen atoms in total. The number of aromatic nitrogens is 19. The number of methoxy groups -OCH3 is 2. The number of benzene rings is 5. The summed E-state index contributed by atoms with van der Waals surface area (Å²) < 4.78 is 40.9. The fraction of sp³-hybridized carbons (Fsp3) is 0.370. The Morgan fingerprint density at radius 3 is 1.65 bits per heavy atom. The van der Waals surface area contributed by atoms with Gasteiger partial charge in [-0.05, 0) is 139 Å². The number of aryl methyl sites for hydroxylation is 8. The maximum absolute atomic E-state index is 13.5. The number of carbonyl (C=O) groups excluding carboxylic acids is 3. The summed E-state index contributed by atoms with van der Waals surface area (Å²) in [6.07, 6.45) is 10.7. The molecule has 0 saturated carbocycles. The molecule has 13 aromatic rings. The molecule has 0 fully saturated rings. The molecule has 8 aromatic heterocycles. The molecule has 8 heterocycles. The second-order valence-electron chi connectivity index (χ2n) is 21.1. The van der Waals surface area contributed by atoms with Crippen LogP contribution in [0.4, 0.5) is 4.39 Å². The minimum Gasteiger partial charge on any atom is -0.497 e. The minimum absolute atomic E-state index is 0.0685. The molecule has 0 aliphatic heterocycles. The van der Waals surface area contributed by atoms with Gasteiger partial charge in [0.2, 0.25) is 0 Å². The van der Waals surface area contributed by atoms with Crippen molar-refractivity contribution in [3.05, 3.63) is 236 Å². The number of pyridine rings is 1. The Bertz CT molecular complexity index is 4600. The number of nitrogens with one attached hydrogen (secondary N) is 1. The van der Waals surface area contributed by atoms with Crippen molar-refractivity contribution in [2.45, 2.75) is 191 Å². The predicted molar refractivity (Wildman–Crippen MR) is 439 cm³/mol. The molecule has 5 aromatic carbocycles. The third-order valence-electron chi connectivity index (χ3n) is 14.1. The van der Waals surface area contributed by atoms with E-state index in [4.69, 9.17) is 23.8 Å². The van der Waals surface area contributed by atoms with E-state index in [2.05, 4.69) is 125 Å². The molecule has 0 aliphatic carbocycles. The van der Waals surface area contributed by atoms with Crippen LogP contribution < -0.4 is 19.5 Å². The highest BCUT2D eigenvalue weighted by molar-refractivity contribution is 9.10. The SMILES string of the molecule is CC.CC.CC.CC.CC.CC.CCc1ccc(-n2cc(C)nn2)cc1.CCn1cc(-c2cccc(OC)c2)nn1.CCn1cc(CNC(=O)c2cccs2)nn1.CCn1cc(COc2cccc3ccc(C)nc23)nn1.COc1cccc(-n2nnc(C)c2C)c1.Cc1cn(Cc2ccc(Br)cc2F)nn1.O=C=O. The molecule has 0 atom stereocenters. The number of para-hydroxylation sites is 1. The van der Waals surface area contributed by atoms with Crippen LogP contribution in [0.2, 0.25) is 0 Å². The topological polar surface area (TPSA) is 288 Å². The Kier molecular flexibility index (Phi) is 50.0. The Morgan fingerprint density at radius 1 is 0.545 bits per heavy atom. The summed E-state index contributed by atoms with van der Waals surface area (Å²) >= 11 is 4.63. The second-order valence-corrected chi connectivity index (χ2v) is 23.0. The maximum atomic E-state index is 13.5. The van der Waals surface area contributed by atoms with E-state index in [1.54, 1.807) is 60.6 Å². The molecule has 13 rings (SSSR count). The molecule has 0 saturated heterocycles. The van der Waals surface area contributed by atoms with Crippen LogP contribution in [0.15, 0.2) is 174 Å². The summed E-state index contributed by atoms with van der Waals surface area (Å²) in [4.78, 5) is 33.1. The predicted octanol–water partition coefficient (Wildman–Crippen LogP) is 18.1. The Hall–Kier alpha value is -11.3. The lowest BCUT2D eigenvalue weighted by Gasteiger charge is -2.07. The number of ether oxygens (including phenoxy) is 3. The molecule has 0 spiro atoms. The van der Waals surface area contributed by atoms with Crippen molar-refractivity contribution in [3.8, 4) is 39.9 Å². The molecule has 1 amide bonds. The number of nitrogens with zero attached hydrogens (tertiary/aromatic N) is 19. The number of halogens is 2. The minimum atomic E-state index is -0.238. The smallest absolute Gasteiger partial charge is 0.373 e. The third kappa shape index (κ3) is 33.9. The summed E-state index contributed by atoms with van der Waals surface area (Å²) in [5, 5.41) is 53.5. The summed E-state index contributed by atoms with van der Waals surface area (Å²) in [6, 6.07) is 42.5. The summed E-state index contributed by atoms with van der Waals surface area (Å²) in [7, 11) is 3.31. The average Bonchev–Trinajstić information content (AvgIpc) is 1.17. The highest BCUT2D eigenvalue weighted by Gasteiger charge is 2.11. The van der Waals surface area contributed by atoms with Crippen molar-refractivity contribution in [1.82, 2.24) is 100 Å². The first-order chi connectivity index (χ1) is 53.5. The zero-order valence-corrected chi connectivity index (χ0v) is 70.6. The molecule has 29 heteroatoms. The van der Waals surface area contributed by atoms with E-state index >= 15 is 0 Å². The van der Waals surface area contributed by atoms with E-state index in [9.17, 15) is 9.18 Å². The maximum Gasteiger partial charge on any atom is 0.373 e. The molecule has 592 valence electrons. The number of hydrogen-bond acceptors (Lipinski definition) is 20. The average molecular weight is 1590 g/mol. The number of rotatable bonds is 17. The third-order valence-corrected chi connectivity index (χ3v) is 15.4. The van der Waals surface area contributed by atoms with Gasteiger partial charge in [-0.1, -0.05) is 198 Å². The van der Waals surface area contributed by atoms with Crippen molar-refractivity contribution < 1.29 is 33.0 Å². The highest BCUT2D eigenvalue weighted by Crippen LogP contribution is 2.26. The van der Waals surface area contributed by atoms with Crippen LogP contribution in [0.5, 0.6) is 17.2 Å². The van der Waals surface area contributed by atoms with Gasteiger partial charge < -0.3 is 19.5 Å². The van der Waals surface area contributed by atoms with Gasteiger partial charge in [0.15, 0.2) is 0 Å².